The van der Waals surface area contributed by atoms with Gasteiger partial charge in [0.15, 0.2) is 0 Å². The Bertz CT molecular complexity index is 1110. The van der Waals surface area contributed by atoms with Crippen molar-refractivity contribution in [3.05, 3.63) is 53.6 Å². The van der Waals surface area contributed by atoms with E-state index >= 15 is 0 Å². The summed E-state index contributed by atoms with van der Waals surface area (Å²) in [5, 5.41) is 9.82. The Kier molecular flexibility index (Phi) is 7.82. The second-order valence-corrected chi connectivity index (χ2v) is 11.6. The molecule has 0 unspecified atom stereocenters. The Morgan fingerprint density at radius 3 is 2.32 bits per heavy atom. The van der Waals surface area contributed by atoms with Gasteiger partial charge in [-0.25, -0.2) is 8.78 Å². The van der Waals surface area contributed by atoms with Crippen molar-refractivity contribution in [3.8, 4) is 16.9 Å². The molecule has 1 N–H and O–H groups in total. The SMILES string of the molecule is CC1(CN2CCC(COc3ccc(-c4ccc(C(=O)N5CCC[C@@H](O)C5)cc4F)c(F)c3)CC2)CCC1. The van der Waals surface area contributed by atoms with E-state index in [4.69, 9.17) is 4.74 Å². The summed E-state index contributed by atoms with van der Waals surface area (Å²) in [4.78, 5) is 16.8. The number of hydrogen-bond donors (Lipinski definition) is 1. The average Bonchev–Trinajstić information content (AvgIpc) is 2.87. The van der Waals surface area contributed by atoms with Crippen molar-refractivity contribution >= 4 is 5.91 Å². The van der Waals surface area contributed by atoms with Crippen molar-refractivity contribution in [1.29, 1.82) is 0 Å². The minimum Gasteiger partial charge on any atom is -0.493 e. The summed E-state index contributed by atoms with van der Waals surface area (Å²) < 4.78 is 35.8. The summed E-state index contributed by atoms with van der Waals surface area (Å²) in [6.07, 6.45) is 7.04. The number of benzene rings is 2. The van der Waals surface area contributed by atoms with Crippen LogP contribution in [0.2, 0.25) is 0 Å². The van der Waals surface area contributed by atoms with Gasteiger partial charge >= 0.3 is 0 Å². The van der Waals surface area contributed by atoms with Gasteiger partial charge < -0.3 is 19.6 Å². The first-order chi connectivity index (χ1) is 17.8. The monoisotopic (exact) mass is 512 g/mol. The smallest absolute Gasteiger partial charge is 0.254 e. The van der Waals surface area contributed by atoms with Gasteiger partial charge in [-0.15, -0.1) is 0 Å². The number of ether oxygens (including phenoxy) is 1. The molecule has 5 nitrogen and oxygen atoms in total. The molecule has 1 atom stereocenters. The van der Waals surface area contributed by atoms with Gasteiger partial charge in [0, 0.05) is 42.4 Å². The second-order valence-electron chi connectivity index (χ2n) is 11.6. The topological polar surface area (TPSA) is 53.0 Å². The van der Waals surface area contributed by atoms with Crippen LogP contribution in [0.4, 0.5) is 8.78 Å². The van der Waals surface area contributed by atoms with Gasteiger partial charge in [0.2, 0.25) is 0 Å². The Labute approximate surface area is 218 Å². The number of likely N-dealkylation sites (tertiary alicyclic amines) is 2. The van der Waals surface area contributed by atoms with Crippen LogP contribution < -0.4 is 4.74 Å². The number of aliphatic hydroxyl groups excluding tert-OH is 1. The maximum atomic E-state index is 15.0. The second kappa shape index (κ2) is 11.1. The number of amides is 1. The van der Waals surface area contributed by atoms with Crippen LogP contribution in [-0.2, 0) is 0 Å². The van der Waals surface area contributed by atoms with E-state index in [2.05, 4.69) is 11.8 Å². The molecule has 37 heavy (non-hydrogen) atoms. The largest absolute Gasteiger partial charge is 0.493 e. The lowest BCUT2D eigenvalue weighted by molar-refractivity contribution is 0.0473. The summed E-state index contributed by atoms with van der Waals surface area (Å²) in [6, 6.07) is 8.64. The number of nitrogens with zero attached hydrogens (tertiary/aromatic N) is 2. The Hall–Kier alpha value is -2.51. The minimum absolute atomic E-state index is 0.104. The summed E-state index contributed by atoms with van der Waals surface area (Å²) in [5.74, 6) is -0.633. The van der Waals surface area contributed by atoms with E-state index in [0.29, 0.717) is 43.1 Å². The maximum Gasteiger partial charge on any atom is 0.254 e. The highest BCUT2D eigenvalue weighted by Gasteiger charge is 2.34. The van der Waals surface area contributed by atoms with E-state index in [1.807, 2.05) is 0 Å². The third-order valence-corrected chi connectivity index (χ3v) is 8.49. The molecule has 200 valence electrons. The summed E-state index contributed by atoms with van der Waals surface area (Å²) in [5.41, 5.74) is 0.944. The number of piperidine rings is 2. The predicted octanol–water partition coefficient (Wildman–Crippen LogP) is 5.51. The van der Waals surface area contributed by atoms with E-state index in [1.165, 1.54) is 55.0 Å². The summed E-state index contributed by atoms with van der Waals surface area (Å²) >= 11 is 0. The standard InChI is InChI=1S/C30H38F2N2O3/c1-30(11-3-12-30)20-33-14-9-21(10-15-33)19-37-24-6-8-26(28(32)17-24)25-7-5-22(16-27(25)31)29(36)34-13-2-4-23(35)18-34/h5-8,16-17,21,23,35H,2-4,9-15,18-20H2,1H3/t23-/m1/s1. The zero-order valence-corrected chi connectivity index (χ0v) is 21.7. The van der Waals surface area contributed by atoms with Crippen molar-refractivity contribution in [2.24, 2.45) is 11.3 Å². The fourth-order valence-corrected chi connectivity index (χ4v) is 6.00. The molecule has 2 aliphatic heterocycles. The molecular formula is C30H38F2N2O3. The Morgan fingerprint density at radius 1 is 1.00 bits per heavy atom. The van der Waals surface area contributed by atoms with Gasteiger partial charge in [-0.2, -0.15) is 0 Å². The van der Waals surface area contributed by atoms with Crippen LogP contribution in [0.3, 0.4) is 0 Å². The first-order valence-corrected chi connectivity index (χ1v) is 13.7. The van der Waals surface area contributed by atoms with Gasteiger partial charge in [-0.3, -0.25) is 4.79 Å². The van der Waals surface area contributed by atoms with Crippen molar-refractivity contribution < 1.29 is 23.4 Å². The zero-order chi connectivity index (χ0) is 26.0. The molecule has 0 spiro atoms. The van der Waals surface area contributed by atoms with Crippen LogP contribution in [0.25, 0.3) is 11.1 Å². The van der Waals surface area contributed by atoms with Crippen LogP contribution in [0.15, 0.2) is 36.4 Å². The number of β-amino-alcohol motifs (C(OH)–C–C–N with tert-alkyl or cyclic N) is 1. The van der Waals surface area contributed by atoms with Crippen LogP contribution >= 0.6 is 0 Å². The summed E-state index contributed by atoms with van der Waals surface area (Å²) in [6.45, 7) is 7.11. The van der Waals surface area contributed by atoms with Gasteiger partial charge in [0.05, 0.1) is 12.7 Å². The van der Waals surface area contributed by atoms with Crippen molar-refractivity contribution in [2.45, 2.75) is 58.0 Å². The molecule has 0 aromatic heterocycles. The lowest BCUT2D eigenvalue weighted by Gasteiger charge is -2.44. The van der Waals surface area contributed by atoms with E-state index in [1.54, 1.807) is 6.07 Å². The lowest BCUT2D eigenvalue weighted by Crippen LogP contribution is -2.44. The molecule has 2 aromatic rings. The maximum absolute atomic E-state index is 15.0. The zero-order valence-electron chi connectivity index (χ0n) is 21.7. The predicted molar refractivity (Wildman–Crippen MR) is 140 cm³/mol. The van der Waals surface area contributed by atoms with E-state index < -0.39 is 17.7 Å². The fourth-order valence-electron chi connectivity index (χ4n) is 6.00. The number of carbonyl (C=O) groups excluding carboxylic acids is 1. The highest BCUT2D eigenvalue weighted by atomic mass is 19.1. The summed E-state index contributed by atoms with van der Waals surface area (Å²) in [7, 11) is 0. The molecule has 1 aliphatic carbocycles. The van der Waals surface area contributed by atoms with Gasteiger partial charge in [-0.1, -0.05) is 19.4 Å². The molecule has 0 bridgehead atoms. The van der Waals surface area contributed by atoms with Crippen molar-refractivity contribution in [3.63, 3.8) is 0 Å². The van der Waals surface area contributed by atoms with Crippen LogP contribution in [-0.4, -0.2) is 66.2 Å². The highest BCUT2D eigenvalue weighted by Crippen LogP contribution is 2.41. The quantitative estimate of drug-likeness (QED) is 0.532. The number of rotatable bonds is 7. The third-order valence-electron chi connectivity index (χ3n) is 8.49. The molecule has 1 amide bonds. The first-order valence-electron chi connectivity index (χ1n) is 13.7. The number of carbonyl (C=O) groups is 1. The van der Waals surface area contributed by atoms with E-state index in [0.717, 1.165) is 32.0 Å². The highest BCUT2D eigenvalue weighted by molar-refractivity contribution is 5.95. The van der Waals surface area contributed by atoms with E-state index in [9.17, 15) is 18.7 Å². The van der Waals surface area contributed by atoms with Gasteiger partial charge in [0.25, 0.3) is 5.91 Å². The molecule has 5 rings (SSSR count). The van der Waals surface area contributed by atoms with Crippen LogP contribution in [0, 0.1) is 23.0 Å². The Balaban J connectivity index is 1.16. The molecule has 1 saturated carbocycles. The molecule has 7 heteroatoms. The average molecular weight is 513 g/mol. The molecule has 0 radical (unpaired) electrons. The number of halogens is 2. The molecule has 2 heterocycles. The van der Waals surface area contributed by atoms with Crippen molar-refractivity contribution in [2.75, 3.05) is 39.3 Å². The number of aliphatic hydroxyl groups is 1. The normalized spacial score (nSPS) is 22.5. The van der Waals surface area contributed by atoms with Crippen LogP contribution in [0.1, 0.15) is 62.2 Å². The molecular weight excluding hydrogens is 474 g/mol. The lowest BCUT2D eigenvalue weighted by atomic mass is 9.70. The molecule has 3 fully saturated rings. The van der Waals surface area contributed by atoms with Crippen LogP contribution in [0.5, 0.6) is 5.75 Å². The van der Waals surface area contributed by atoms with Crippen molar-refractivity contribution in [1.82, 2.24) is 9.80 Å². The first kappa shape index (κ1) is 26.1. The third kappa shape index (κ3) is 6.15. The molecule has 2 aromatic carbocycles. The van der Waals surface area contributed by atoms with E-state index in [-0.39, 0.29) is 29.1 Å². The van der Waals surface area contributed by atoms with Gasteiger partial charge in [-0.05, 0) is 87.2 Å². The minimum atomic E-state index is -0.654. The fraction of sp³-hybridized carbons (Fsp3) is 0.567. The van der Waals surface area contributed by atoms with Gasteiger partial charge in [0.1, 0.15) is 17.4 Å². The molecule has 2 saturated heterocycles. The number of hydrogen-bond acceptors (Lipinski definition) is 4. The Morgan fingerprint density at radius 2 is 1.70 bits per heavy atom. The molecule has 3 aliphatic rings.